The molecule has 0 spiro atoms. The molecular formula is C34H38Br2F6N2O2. The predicted molar refractivity (Wildman–Crippen MR) is 170 cm³/mol. The van der Waals surface area contributed by atoms with Gasteiger partial charge in [0.2, 0.25) is 0 Å². The minimum absolute atomic E-state index is 0.148. The monoisotopic (exact) mass is 778 g/mol. The summed E-state index contributed by atoms with van der Waals surface area (Å²) in [6.45, 7) is 12.5. The SMILES string of the molecule is CC1(C)[C@H]2Cc3c(Br)cccc3[C@]1(C)CCN2C(=O)C(F)(F)F.CC1(C)[C@H]2Cc3ccc(Br)cc3[C@]1(C)CCN2C(=O)C(F)(F)F. The first-order valence-electron chi connectivity index (χ1n) is 15.3. The number of carbonyl (C=O) groups excluding carboxylic acids is 2. The van der Waals surface area contributed by atoms with Crippen molar-refractivity contribution < 1.29 is 35.9 Å². The molecule has 2 aliphatic carbocycles. The summed E-state index contributed by atoms with van der Waals surface area (Å²) in [4.78, 5) is 25.9. The predicted octanol–water partition coefficient (Wildman–Crippen LogP) is 8.90. The average Bonchev–Trinajstić information content (AvgIpc) is 2.92. The number of nitrogens with zero attached hydrogens (tertiary/aromatic N) is 2. The zero-order valence-electron chi connectivity index (χ0n) is 26.6. The van der Waals surface area contributed by atoms with Crippen molar-refractivity contribution in [3.8, 4) is 0 Å². The fourth-order valence-electron chi connectivity index (χ4n) is 8.59. The van der Waals surface area contributed by atoms with Gasteiger partial charge in [-0.2, -0.15) is 26.3 Å². The highest BCUT2D eigenvalue weighted by molar-refractivity contribution is 9.10. The van der Waals surface area contributed by atoms with Crippen LogP contribution < -0.4 is 0 Å². The number of amides is 2. The summed E-state index contributed by atoms with van der Waals surface area (Å²) < 4.78 is 79.7. The summed E-state index contributed by atoms with van der Waals surface area (Å²) >= 11 is 7.01. The molecule has 0 radical (unpaired) electrons. The van der Waals surface area contributed by atoms with Gasteiger partial charge in [-0.15, -0.1) is 0 Å². The highest BCUT2D eigenvalue weighted by Gasteiger charge is 2.61. The minimum atomic E-state index is -4.82. The van der Waals surface area contributed by atoms with Crippen LogP contribution in [0.2, 0.25) is 0 Å². The van der Waals surface area contributed by atoms with Gasteiger partial charge < -0.3 is 9.80 Å². The molecule has 2 aliphatic heterocycles. The number of hydrogen-bond donors (Lipinski definition) is 0. The molecule has 2 aromatic carbocycles. The van der Waals surface area contributed by atoms with Crippen molar-refractivity contribution in [3.63, 3.8) is 0 Å². The minimum Gasteiger partial charge on any atom is -0.331 e. The van der Waals surface area contributed by atoms with Crippen molar-refractivity contribution >= 4 is 43.7 Å². The molecule has 2 saturated heterocycles. The number of carbonyl (C=O) groups is 2. The van der Waals surface area contributed by atoms with Gasteiger partial charge >= 0.3 is 24.2 Å². The van der Waals surface area contributed by atoms with Gasteiger partial charge in [-0.05, 0) is 77.0 Å². The van der Waals surface area contributed by atoms with Crippen LogP contribution in [0, 0.1) is 10.8 Å². The standard InChI is InChI=1S/2C17H19BrF3NO/c1-15(2)13-8-10-4-5-11(18)9-12(10)16(15,3)6-7-22(13)14(23)17(19,20)21;1-15(2)13-9-10-11(5-4-6-12(10)18)16(15,3)7-8-22(13)14(23)17(19,20)21/h4-5,9,13H,6-8H2,1-3H3;4-6,13H,7-9H2,1-3H3/t2*13-,16+/m11/s1. The molecule has 4 bridgehead atoms. The second-order valence-corrected chi connectivity index (χ2v) is 16.4. The lowest BCUT2D eigenvalue weighted by Crippen LogP contribution is -2.66. The number of likely N-dealkylation sites (tertiary alicyclic amines) is 2. The van der Waals surface area contributed by atoms with Gasteiger partial charge in [-0.1, -0.05) is 91.6 Å². The van der Waals surface area contributed by atoms with Gasteiger partial charge in [0, 0.05) is 44.9 Å². The molecule has 0 aromatic heterocycles. The first-order valence-corrected chi connectivity index (χ1v) is 16.9. The summed E-state index contributed by atoms with van der Waals surface area (Å²) in [5, 5.41) is 0. The molecule has 6 rings (SSSR count). The number of fused-ring (bicyclic) bond motifs is 8. The van der Waals surface area contributed by atoms with E-state index in [1.54, 1.807) is 0 Å². The first-order chi connectivity index (χ1) is 21.0. The molecule has 4 atom stereocenters. The van der Waals surface area contributed by atoms with E-state index in [0.717, 1.165) is 29.9 Å². The summed E-state index contributed by atoms with van der Waals surface area (Å²) in [6, 6.07) is 11.0. The molecule has 2 heterocycles. The maximum atomic E-state index is 13.0. The van der Waals surface area contributed by atoms with Crippen molar-refractivity contribution in [2.45, 2.75) is 102 Å². The van der Waals surface area contributed by atoms with E-state index in [-0.39, 0.29) is 23.9 Å². The van der Waals surface area contributed by atoms with E-state index in [2.05, 4.69) is 57.8 Å². The van der Waals surface area contributed by atoms with Gasteiger partial charge in [0.15, 0.2) is 0 Å². The topological polar surface area (TPSA) is 40.6 Å². The Labute approximate surface area is 282 Å². The Bertz CT molecular complexity index is 1550. The van der Waals surface area contributed by atoms with Gasteiger partial charge in [-0.25, -0.2) is 0 Å². The fourth-order valence-corrected chi connectivity index (χ4v) is 9.48. The van der Waals surface area contributed by atoms with Crippen LogP contribution in [-0.4, -0.2) is 59.1 Å². The van der Waals surface area contributed by atoms with Crippen LogP contribution in [0.5, 0.6) is 0 Å². The second kappa shape index (κ2) is 11.2. The van der Waals surface area contributed by atoms with Crippen LogP contribution >= 0.6 is 31.9 Å². The molecule has 0 unspecified atom stereocenters. The van der Waals surface area contributed by atoms with E-state index in [1.807, 2.05) is 52.0 Å². The van der Waals surface area contributed by atoms with E-state index in [9.17, 15) is 35.9 Å². The summed E-state index contributed by atoms with van der Waals surface area (Å²) in [6.07, 6.45) is -7.67. The Morgan fingerprint density at radius 1 is 0.717 bits per heavy atom. The summed E-state index contributed by atoms with van der Waals surface area (Å²) in [5.41, 5.74) is 3.08. The van der Waals surface area contributed by atoms with E-state index < -0.39 is 47.1 Å². The van der Waals surface area contributed by atoms with E-state index in [0.29, 0.717) is 25.7 Å². The molecular weight excluding hydrogens is 742 g/mol. The first kappa shape index (κ1) is 35.2. The highest BCUT2D eigenvalue weighted by Crippen LogP contribution is 2.58. The number of rotatable bonds is 0. The number of benzene rings is 2. The fraction of sp³-hybridized carbons (Fsp3) is 0.588. The maximum absolute atomic E-state index is 13.0. The molecule has 252 valence electrons. The average molecular weight is 780 g/mol. The molecule has 4 nitrogen and oxygen atoms in total. The van der Waals surface area contributed by atoms with Gasteiger partial charge in [0.25, 0.3) is 0 Å². The quantitative estimate of drug-likeness (QED) is 0.251. The van der Waals surface area contributed by atoms with E-state index >= 15 is 0 Å². The van der Waals surface area contributed by atoms with Crippen molar-refractivity contribution in [1.29, 1.82) is 0 Å². The molecule has 2 fully saturated rings. The molecule has 2 amide bonds. The van der Waals surface area contributed by atoms with Crippen molar-refractivity contribution in [2.24, 2.45) is 10.8 Å². The number of halogens is 8. The largest absolute Gasteiger partial charge is 0.471 e. The third kappa shape index (κ3) is 5.31. The Balaban J connectivity index is 0.000000181. The second-order valence-electron chi connectivity index (χ2n) is 14.6. The van der Waals surface area contributed by atoms with E-state index in [4.69, 9.17) is 0 Å². The zero-order chi connectivity index (χ0) is 34.4. The molecule has 0 saturated carbocycles. The number of piperidine rings is 2. The lowest BCUT2D eigenvalue weighted by atomic mass is 9.51. The summed E-state index contributed by atoms with van der Waals surface area (Å²) in [5.74, 6) is -3.42. The van der Waals surface area contributed by atoms with Crippen LogP contribution in [-0.2, 0) is 33.3 Å². The van der Waals surface area contributed by atoms with Crippen LogP contribution in [0.4, 0.5) is 26.3 Å². The van der Waals surface area contributed by atoms with Crippen molar-refractivity contribution in [1.82, 2.24) is 9.80 Å². The van der Waals surface area contributed by atoms with Gasteiger partial charge in [0.1, 0.15) is 0 Å². The third-order valence-electron chi connectivity index (χ3n) is 12.2. The maximum Gasteiger partial charge on any atom is 0.471 e. The molecule has 4 aliphatic rings. The smallest absolute Gasteiger partial charge is 0.331 e. The molecule has 46 heavy (non-hydrogen) atoms. The Kier molecular flexibility index (Phi) is 8.61. The lowest BCUT2D eigenvalue weighted by molar-refractivity contribution is -0.195. The van der Waals surface area contributed by atoms with E-state index in [1.165, 1.54) is 11.1 Å². The van der Waals surface area contributed by atoms with Crippen LogP contribution in [0.3, 0.4) is 0 Å². The lowest BCUT2D eigenvalue weighted by Gasteiger charge is -2.60. The normalized spacial score (nSPS) is 29.2. The number of alkyl halides is 6. The summed E-state index contributed by atoms with van der Waals surface area (Å²) in [7, 11) is 0. The molecule has 0 N–H and O–H groups in total. The van der Waals surface area contributed by atoms with Crippen LogP contribution in [0.15, 0.2) is 45.3 Å². The van der Waals surface area contributed by atoms with Gasteiger partial charge in [0.05, 0.1) is 0 Å². The van der Waals surface area contributed by atoms with Crippen molar-refractivity contribution in [3.05, 3.63) is 67.6 Å². The Hall–Kier alpha value is -2.08. The highest BCUT2D eigenvalue weighted by atomic mass is 79.9. The van der Waals surface area contributed by atoms with Crippen molar-refractivity contribution in [2.75, 3.05) is 13.1 Å². The Morgan fingerprint density at radius 2 is 1.20 bits per heavy atom. The number of hydrogen-bond acceptors (Lipinski definition) is 2. The molecule has 12 heteroatoms. The van der Waals surface area contributed by atoms with Crippen LogP contribution in [0.25, 0.3) is 0 Å². The van der Waals surface area contributed by atoms with Crippen LogP contribution in [0.1, 0.15) is 76.6 Å². The Morgan fingerprint density at radius 3 is 1.70 bits per heavy atom. The third-order valence-corrected chi connectivity index (χ3v) is 13.4. The van der Waals surface area contributed by atoms with Gasteiger partial charge in [-0.3, -0.25) is 9.59 Å². The zero-order valence-corrected chi connectivity index (χ0v) is 29.8. The molecule has 2 aromatic rings.